The fraction of sp³-hybridized carbons (Fsp3) is 0.111. The van der Waals surface area contributed by atoms with E-state index in [2.05, 4.69) is 10.3 Å². The Labute approximate surface area is 153 Å². The molecule has 0 saturated heterocycles. The molecule has 128 valence electrons. The quantitative estimate of drug-likeness (QED) is 0.681. The summed E-state index contributed by atoms with van der Waals surface area (Å²) < 4.78 is 18.6. The molecule has 7 heteroatoms. The van der Waals surface area contributed by atoms with Crippen LogP contribution in [0.5, 0.6) is 5.75 Å². The number of amides is 1. The average molecular weight is 377 g/mol. The zero-order valence-corrected chi connectivity index (χ0v) is 14.8. The molecule has 0 bridgehead atoms. The number of nitrogens with zero attached hydrogens (tertiary/aromatic N) is 1. The van der Waals surface area contributed by atoms with E-state index in [9.17, 15) is 9.18 Å². The summed E-state index contributed by atoms with van der Waals surface area (Å²) in [6, 6.07) is 13.6. The van der Waals surface area contributed by atoms with Crippen LogP contribution in [0.2, 0.25) is 5.02 Å². The van der Waals surface area contributed by atoms with E-state index >= 15 is 0 Å². The minimum absolute atomic E-state index is 0.0578. The molecule has 4 nitrogen and oxygen atoms in total. The molecule has 25 heavy (non-hydrogen) atoms. The van der Waals surface area contributed by atoms with Gasteiger partial charge in [-0.15, -0.1) is 11.3 Å². The van der Waals surface area contributed by atoms with Crippen LogP contribution in [-0.4, -0.2) is 17.0 Å². The second-order valence-corrected chi connectivity index (χ2v) is 6.49. The lowest BCUT2D eigenvalue weighted by molar-refractivity contribution is -0.122. The van der Waals surface area contributed by atoms with Crippen molar-refractivity contribution in [2.24, 2.45) is 0 Å². The normalized spacial score (nSPS) is 11.8. The first-order valence-electron chi connectivity index (χ1n) is 7.46. The molecule has 3 aromatic rings. The monoisotopic (exact) mass is 376 g/mol. The first-order chi connectivity index (χ1) is 12.0. The van der Waals surface area contributed by atoms with Gasteiger partial charge in [-0.3, -0.25) is 10.1 Å². The first-order valence-corrected chi connectivity index (χ1v) is 8.72. The molecule has 0 aliphatic carbocycles. The Balaban J connectivity index is 1.63. The minimum Gasteiger partial charge on any atom is -0.481 e. The number of carbonyl (C=O) groups excluding carboxylic acids is 1. The van der Waals surface area contributed by atoms with Gasteiger partial charge in [-0.05, 0) is 19.1 Å². The topological polar surface area (TPSA) is 51.2 Å². The van der Waals surface area contributed by atoms with E-state index in [1.165, 1.54) is 29.5 Å². The average Bonchev–Trinajstić information content (AvgIpc) is 3.07. The highest BCUT2D eigenvalue weighted by Crippen LogP contribution is 2.25. The summed E-state index contributed by atoms with van der Waals surface area (Å²) in [4.78, 5) is 16.6. The number of nitrogens with one attached hydrogen (secondary N) is 1. The largest absolute Gasteiger partial charge is 0.481 e. The molecule has 1 N–H and O–H groups in total. The van der Waals surface area contributed by atoms with Gasteiger partial charge in [-0.2, -0.15) is 0 Å². The molecular weight excluding hydrogens is 363 g/mol. The van der Waals surface area contributed by atoms with Crippen LogP contribution in [0.25, 0.3) is 11.3 Å². The molecule has 1 heterocycles. The lowest BCUT2D eigenvalue weighted by Crippen LogP contribution is -2.30. The number of benzene rings is 2. The molecule has 3 rings (SSSR count). The van der Waals surface area contributed by atoms with Crippen molar-refractivity contribution in [2.75, 3.05) is 5.32 Å². The Hall–Kier alpha value is -2.44. The van der Waals surface area contributed by atoms with E-state index in [1.807, 2.05) is 35.7 Å². The van der Waals surface area contributed by atoms with Crippen molar-refractivity contribution in [3.05, 3.63) is 64.8 Å². The van der Waals surface area contributed by atoms with Gasteiger partial charge in [-0.25, -0.2) is 9.37 Å². The Morgan fingerprint density at radius 2 is 2.04 bits per heavy atom. The first kappa shape index (κ1) is 17.4. The van der Waals surface area contributed by atoms with Crippen LogP contribution in [0.3, 0.4) is 0 Å². The predicted octanol–water partition coefficient (Wildman–Crippen LogP) is 5.01. The number of ether oxygens (including phenoxy) is 1. The summed E-state index contributed by atoms with van der Waals surface area (Å²) in [5, 5.41) is 5.01. The van der Waals surface area contributed by atoms with Gasteiger partial charge in [-0.1, -0.05) is 41.9 Å². The van der Waals surface area contributed by atoms with Gasteiger partial charge in [0.25, 0.3) is 5.91 Å². The van der Waals surface area contributed by atoms with Crippen LogP contribution in [0.15, 0.2) is 53.9 Å². The highest BCUT2D eigenvalue weighted by atomic mass is 35.5. The SMILES string of the molecule is C[C@@H](Oc1ccc(F)c(Cl)c1)C(=O)Nc1nc(-c2ccccc2)cs1. The molecule has 0 spiro atoms. The fourth-order valence-electron chi connectivity index (χ4n) is 2.09. The van der Waals surface area contributed by atoms with Gasteiger partial charge in [0.1, 0.15) is 11.6 Å². The van der Waals surface area contributed by atoms with Crippen molar-refractivity contribution in [3.63, 3.8) is 0 Å². The van der Waals surface area contributed by atoms with Crippen molar-refractivity contribution in [1.82, 2.24) is 4.98 Å². The van der Waals surface area contributed by atoms with Crippen molar-refractivity contribution >= 4 is 34.0 Å². The van der Waals surface area contributed by atoms with Gasteiger partial charge in [0.15, 0.2) is 11.2 Å². The summed E-state index contributed by atoms with van der Waals surface area (Å²) in [5.41, 5.74) is 1.77. The van der Waals surface area contributed by atoms with Crippen LogP contribution in [-0.2, 0) is 4.79 Å². The van der Waals surface area contributed by atoms with Crippen LogP contribution in [0.1, 0.15) is 6.92 Å². The minimum atomic E-state index is -0.786. The Morgan fingerprint density at radius 3 is 2.76 bits per heavy atom. The van der Waals surface area contributed by atoms with Crippen molar-refractivity contribution in [1.29, 1.82) is 0 Å². The molecule has 0 aliphatic heterocycles. The summed E-state index contributed by atoms with van der Waals surface area (Å²) in [6.45, 7) is 1.60. The predicted molar refractivity (Wildman–Crippen MR) is 97.7 cm³/mol. The van der Waals surface area contributed by atoms with Crippen LogP contribution >= 0.6 is 22.9 Å². The van der Waals surface area contributed by atoms with E-state index in [0.717, 1.165) is 11.3 Å². The van der Waals surface area contributed by atoms with Gasteiger partial charge >= 0.3 is 0 Å². The number of aromatic nitrogens is 1. The molecule has 1 aromatic heterocycles. The number of hydrogen-bond acceptors (Lipinski definition) is 4. The zero-order chi connectivity index (χ0) is 17.8. The molecule has 0 fully saturated rings. The molecule has 0 saturated carbocycles. The lowest BCUT2D eigenvalue weighted by atomic mass is 10.2. The molecule has 0 radical (unpaired) electrons. The summed E-state index contributed by atoms with van der Waals surface area (Å²) in [5.74, 6) is -0.574. The van der Waals surface area contributed by atoms with Gasteiger partial charge < -0.3 is 4.74 Å². The van der Waals surface area contributed by atoms with Crippen LogP contribution in [0, 0.1) is 5.82 Å². The van der Waals surface area contributed by atoms with E-state index < -0.39 is 11.9 Å². The molecule has 2 aromatic carbocycles. The van der Waals surface area contributed by atoms with Crippen molar-refractivity contribution in [2.45, 2.75) is 13.0 Å². The summed E-state index contributed by atoms with van der Waals surface area (Å²) in [6.07, 6.45) is -0.786. The smallest absolute Gasteiger partial charge is 0.266 e. The molecular formula is C18H14ClFN2O2S. The number of rotatable bonds is 5. The third kappa shape index (κ3) is 4.35. The van der Waals surface area contributed by atoms with E-state index in [1.54, 1.807) is 6.92 Å². The van der Waals surface area contributed by atoms with Crippen molar-refractivity contribution < 1.29 is 13.9 Å². The second-order valence-electron chi connectivity index (χ2n) is 5.23. The third-order valence-corrected chi connectivity index (χ3v) is 4.42. The van der Waals surface area contributed by atoms with Crippen LogP contribution in [0.4, 0.5) is 9.52 Å². The zero-order valence-electron chi connectivity index (χ0n) is 13.2. The molecule has 1 amide bonds. The summed E-state index contributed by atoms with van der Waals surface area (Å²) in [7, 11) is 0. The van der Waals surface area contributed by atoms with E-state index in [0.29, 0.717) is 10.9 Å². The Morgan fingerprint density at radius 1 is 1.28 bits per heavy atom. The summed E-state index contributed by atoms with van der Waals surface area (Å²) >= 11 is 7.04. The number of carbonyl (C=O) groups is 1. The van der Waals surface area contributed by atoms with Gasteiger partial charge in [0.2, 0.25) is 0 Å². The van der Waals surface area contributed by atoms with E-state index in [4.69, 9.17) is 16.3 Å². The highest BCUT2D eigenvalue weighted by Gasteiger charge is 2.17. The maximum atomic E-state index is 13.2. The van der Waals surface area contributed by atoms with Crippen LogP contribution < -0.4 is 10.1 Å². The number of halogens is 2. The fourth-order valence-corrected chi connectivity index (χ4v) is 2.98. The Bertz CT molecular complexity index is 886. The van der Waals surface area contributed by atoms with Gasteiger partial charge in [0, 0.05) is 17.0 Å². The number of thiazole rings is 1. The molecule has 0 aliphatic rings. The number of anilines is 1. The van der Waals surface area contributed by atoms with Crippen molar-refractivity contribution in [3.8, 4) is 17.0 Å². The van der Waals surface area contributed by atoms with E-state index in [-0.39, 0.29) is 10.9 Å². The molecule has 1 atom stereocenters. The van der Waals surface area contributed by atoms with Gasteiger partial charge in [0.05, 0.1) is 10.7 Å². The molecule has 0 unspecified atom stereocenters. The highest BCUT2D eigenvalue weighted by molar-refractivity contribution is 7.14. The standard InChI is InChI=1S/C18H14ClFN2O2S/c1-11(24-13-7-8-15(20)14(19)9-13)17(23)22-18-21-16(10-25-18)12-5-3-2-4-6-12/h2-11H,1H3,(H,21,22,23)/t11-/m1/s1. The third-order valence-electron chi connectivity index (χ3n) is 3.38. The Kier molecular flexibility index (Phi) is 5.31. The number of hydrogen-bond donors (Lipinski definition) is 1. The maximum absolute atomic E-state index is 13.2. The maximum Gasteiger partial charge on any atom is 0.266 e. The second kappa shape index (κ2) is 7.63. The lowest BCUT2D eigenvalue weighted by Gasteiger charge is -2.14.